The maximum absolute atomic E-state index is 12.9. The van der Waals surface area contributed by atoms with Crippen molar-refractivity contribution in [3.63, 3.8) is 0 Å². The first-order valence-corrected chi connectivity index (χ1v) is 9.34. The lowest BCUT2D eigenvalue weighted by Crippen LogP contribution is -2.59. The van der Waals surface area contributed by atoms with E-state index in [1.165, 1.54) is 0 Å². The highest BCUT2D eigenvalue weighted by atomic mass is 16.3. The largest absolute Gasteiger partial charge is 0.393 e. The number of fused-ring (bicyclic) bond motifs is 5. The van der Waals surface area contributed by atoms with Crippen LogP contribution in [0.15, 0.2) is 0 Å². The average Bonchev–Trinajstić information content (AvgIpc) is 2.78. The first-order chi connectivity index (χ1) is 10.8. The fourth-order valence-corrected chi connectivity index (χ4v) is 7.04. The molecular weight excluding hydrogens is 292 g/mol. The molecule has 4 saturated carbocycles. The van der Waals surface area contributed by atoms with Crippen LogP contribution in [0.4, 0.5) is 0 Å². The van der Waals surface area contributed by atoms with Crippen LogP contribution in [0, 0.1) is 34.5 Å². The van der Waals surface area contributed by atoms with E-state index in [1.54, 1.807) is 0 Å². The quantitative estimate of drug-likeness (QED) is 0.636. The molecule has 0 aliphatic heterocycles. The van der Waals surface area contributed by atoms with Gasteiger partial charge in [0, 0.05) is 12.3 Å². The fraction of sp³-hybridized carbons (Fsp3) is 0.947. The number of carbonyl (C=O) groups excluding carboxylic acids is 1. The highest BCUT2D eigenvalue weighted by Gasteiger charge is 2.62. The van der Waals surface area contributed by atoms with Crippen molar-refractivity contribution in [2.75, 3.05) is 0 Å². The van der Waals surface area contributed by atoms with E-state index >= 15 is 0 Å². The Morgan fingerprint density at radius 2 is 1.65 bits per heavy atom. The lowest BCUT2D eigenvalue weighted by atomic mass is 9.44. The Hall–Kier alpha value is -0.450. The SMILES string of the molecule is C[C@]12C[C@@H](O)C(O)C[C@@H]1C(=O)C[C@@H]1[C@@H]2CC[C@]2(C)[C@@H](O)CC[C@@H]12. The minimum absolute atomic E-state index is 0.0303. The lowest BCUT2D eigenvalue weighted by molar-refractivity contribution is -0.174. The van der Waals surface area contributed by atoms with E-state index in [-0.39, 0.29) is 28.6 Å². The lowest BCUT2D eigenvalue weighted by Gasteiger charge is -2.60. The van der Waals surface area contributed by atoms with Gasteiger partial charge in [-0.15, -0.1) is 0 Å². The smallest absolute Gasteiger partial charge is 0.136 e. The molecule has 0 saturated heterocycles. The van der Waals surface area contributed by atoms with Gasteiger partial charge in [0.05, 0.1) is 18.3 Å². The molecule has 4 fully saturated rings. The number of aliphatic hydroxyl groups is 3. The first kappa shape index (κ1) is 16.0. The summed E-state index contributed by atoms with van der Waals surface area (Å²) in [7, 11) is 0. The third-order valence-corrected chi connectivity index (χ3v) is 8.43. The summed E-state index contributed by atoms with van der Waals surface area (Å²) in [4.78, 5) is 12.9. The van der Waals surface area contributed by atoms with E-state index in [4.69, 9.17) is 0 Å². The van der Waals surface area contributed by atoms with Crippen LogP contribution in [0.25, 0.3) is 0 Å². The number of Topliss-reactive ketones (excluding diaryl/α,β-unsaturated/α-hetero) is 1. The summed E-state index contributed by atoms with van der Waals surface area (Å²) < 4.78 is 0. The van der Waals surface area contributed by atoms with Crippen molar-refractivity contribution in [3.05, 3.63) is 0 Å². The summed E-state index contributed by atoms with van der Waals surface area (Å²) in [6.45, 7) is 4.39. The van der Waals surface area contributed by atoms with E-state index in [0.717, 1.165) is 25.7 Å². The molecule has 4 rings (SSSR count). The highest BCUT2D eigenvalue weighted by molar-refractivity contribution is 5.83. The number of ketones is 1. The van der Waals surface area contributed by atoms with E-state index in [9.17, 15) is 20.1 Å². The maximum Gasteiger partial charge on any atom is 0.136 e. The zero-order valence-corrected chi connectivity index (χ0v) is 14.2. The van der Waals surface area contributed by atoms with Gasteiger partial charge in [0.25, 0.3) is 0 Å². The van der Waals surface area contributed by atoms with Crippen LogP contribution in [-0.4, -0.2) is 39.4 Å². The standard InChI is InChI=1S/C19H30O4/c1-18-6-5-12-10(11(18)3-4-17(18)23)7-14(20)13-8-15(21)16(22)9-19(12,13)2/h10-13,15-17,21-23H,3-9H2,1-2H3/t10-,11-,12-,13+,15?,16+,17-,18-,19+/m0/s1. The average molecular weight is 322 g/mol. The third-order valence-electron chi connectivity index (χ3n) is 8.43. The molecule has 0 spiro atoms. The minimum atomic E-state index is -0.754. The van der Waals surface area contributed by atoms with Gasteiger partial charge in [0.1, 0.15) is 5.78 Å². The normalized spacial score (nSPS) is 59.2. The molecule has 4 aliphatic carbocycles. The molecule has 4 aliphatic rings. The van der Waals surface area contributed by atoms with Gasteiger partial charge in [-0.1, -0.05) is 13.8 Å². The molecule has 23 heavy (non-hydrogen) atoms. The van der Waals surface area contributed by atoms with Gasteiger partial charge in [-0.2, -0.15) is 0 Å². The molecule has 1 unspecified atom stereocenters. The van der Waals surface area contributed by atoms with E-state index in [0.29, 0.717) is 37.0 Å². The number of hydrogen-bond donors (Lipinski definition) is 3. The number of aliphatic hydroxyl groups excluding tert-OH is 3. The predicted molar refractivity (Wildman–Crippen MR) is 85.5 cm³/mol. The summed E-state index contributed by atoms with van der Waals surface area (Å²) >= 11 is 0. The van der Waals surface area contributed by atoms with Gasteiger partial charge in [0.15, 0.2) is 0 Å². The molecule has 0 aromatic rings. The van der Waals surface area contributed by atoms with Crippen molar-refractivity contribution in [1.82, 2.24) is 0 Å². The van der Waals surface area contributed by atoms with Crippen LogP contribution in [0.2, 0.25) is 0 Å². The second kappa shape index (κ2) is 5.03. The molecule has 3 N–H and O–H groups in total. The molecule has 9 atom stereocenters. The van der Waals surface area contributed by atoms with Crippen molar-refractivity contribution in [3.8, 4) is 0 Å². The van der Waals surface area contributed by atoms with E-state index < -0.39 is 12.2 Å². The van der Waals surface area contributed by atoms with Crippen LogP contribution in [0.1, 0.15) is 58.8 Å². The van der Waals surface area contributed by atoms with Crippen molar-refractivity contribution in [1.29, 1.82) is 0 Å². The monoisotopic (exact) mass is 322 g/mol. The van der Waals surface area contributed by atoms with E-state index in [2.05, 4.69) is 13.8 Å². The van der Waals surface area contributed by atoms with Gasteiger partial charge in [-0.3, -0.25) is 4.79 Å². The number of carbonyl (C=O) groups is 1. The van der Waals surface area contributed by atoms with Crippen LogP contribution >= 0.6 is 0 Å². The Labute approximate surface area is 138 Å². The Balaban J connectivity index is 1.69. The maximum atomic E-state index is 12.9. The first-order valence-electron chi connectivity index (χ1n) is 9.34. The topological polar surface area (TPSA) is 77.8 Å². The highest BCUT2D eigenvalue weighted by Crippen LogP contribution is 2.65. The second-order valence-electron chi connectivity index (χ2n) is 9.32. The van der Waals surface area contributed by atoms with Gasteiger partial charge < -0.3 is 15.3 Å². The van der Waals surface area contributed by atoms with Crippen molar-refractivity contribution >= 4 is 5.78 Å². The van der Waals surface area contributed by atoms with Gasteiger partial charge in [-0.05, 0) is 67.1 Å². The number of rotatable bonds is 0. The summed E-state index contributed by atoms with van der Waals surface area (Å²) in [5, 5.41) is 30.7. The van der Waals surface area contributed by atoms with Crippen LogP contribution in [0.3, 0.4) is 0 Å². The minimum Gasteiger partial charge on any atom is -0.393 e. The molecular formula is C19H30O4. The zero-order chi connectivity index (χ0) is 16.6. The van der Waals surface area contributed by atoms with Crippen LogP contribution in [-0.2, 0) is 4.79 Å². The number of hydrogen-bond acceptors (Lipinski definition) is 4. The molecule has 4 nitrogen and oxygen atoms in total. The molecule has 0 heterocycles. The molecule has 0 bridgehead atoms. The molecule has 130 valence electrons. The van der Waals surface area contributed by atoms with Crippen molar-refractivity contribution in [2.24, 2.45) is 34.5 Å². The molecule has 0 radical (unpaired) electrons. The fourth-order valence-electron chi connectivity index (χ4n) is 7.04. The van der Waals surface area contributed by atoms with Crippen LogP contribution < -0.4 is 0 Å². The molecule has 4 heteroatoms. The van der Waals surface area contributed by atoms with Crippen molar-refractivity contribution < 1.29 is 20.1 Å². The molecule has 0 aromatic heterocycles. The predicted octanol–water partition coefficient (Wildman–Crippen LogP) is 1.90. The summed E-state index contributed by atoms with van der Waals surface area (Å²) in [6.07, 6.45) is 3.84. The molecule has 0 aromatic carbocycles. The Bertz CT molecular complexity index is 519. The summed E-state index contributed by atoms with van der Waals surface area (Å²) in [5.41, 5.74) is -0.217. The Morgan fingerprint density at radius 3 is 2.39 bits per heavy atom. The van der Waals surface area contributed by atoms with Gasteiger partial charge in [-0.25, -0.2) is 0 Å². The third kappa shape index (κ3) is 2.04. The second-order valence-corrected chi connectivity index (χ2v) is 9.32. The van der Waals surface area contributed by atoms with Crippen molar-refractivity contribution in [2.45, 2.75) is 77.1 Å². The van der Waals surface area contributed by atoms with Gasteiger partial charge >= 0.3 is 0 Å². The Kier molecular flexibility index (Phi) is 3.51. The molecule has 0 amide bonds. The van der Waals surface area contributed by atoms with Gasteiger partial charge in [0.2, 0.25) is 0 Å². The summed E-state index contributed by atoms with van der Waals surface area (Å²) in [6, 6.07) is 0. The summed E-state index contributed by atoms with van der Waals surface area (Å²) in [5.74, 6) is 1.41. The zero-order valence-electron chi connectivity index (χ0n) is 14.2. The van der Waals surface area contributed by atoms with E-state index in [1.807, 2.05) is 0 Å². The Morgan fingerprint density at radius 1 is 0.957 bits per heavy atom. The van der Waals surface area contributed by atoms with Crippen LogP contribution in [0.5, 0.6) is 0 Å².